The summed E-state index contributed by atoms with van der Waals surface area (Å²) in [5.74, 6) is 2.04. The van der Waals surface area contributed by atoms with Crippen molar-refractivity contribution in [2.75, 3.05) is 0 Å². The fourth-order valence-electron chi connectivity index (χ4n) is 10.0. The Labute approximate surface area is 454 Å². The van der Waals surface area contributed by atoms with E-state index in [2.05, 4.69) is 286 Å². The minimum absolute atomic E-state index is 0. The molecular weight excluding hydrogens is 1080 g/mol. The van der Waals surface area contributed by atoms with E-state index in [4.69, 9.17) is 9.72 Å². The fourth-order valence-corrected chi connectivity index (χ4v) is 10.0. The molecule has 0 radical (unpaired) electrons. The van der Waals surface area contributed by atoms with Crippen molar-refractivity contribution in [2.45, 2.75) is 117 Å². The summed E-state index contributed by atoms with van der Waals surface area (Å²) in [6.07, 6.45) is 8.06. The first-order valence-corrected chi connectivity index (χ1v) is 25.7. The Bertz CT molecular complexity index is 3640. The summed E-state index contributed by atoms with van der Waals surface area (Å²) in [6, 6.07) is 66.4. The number of hydrogen-bond acceptors (Lipinski definition) is 2. The Hall–Kier alpha value is -6.81. The molecule has 0 saturated carbocycles. The smallest absolute Gasteiger partial charge is 0.267 e. The summed E-state index contributed by atoms with van der Waals surface area (Å²) >= 11 is 0. The van der Waals surface area contributed by atoms with Crippen LogP contribution in [0.15, 0.2) is 176 Å². The minimum atomic E-state index is -0.448. The van der Waals surface area contributed by atoms with Gasteiger partial charge in [0.15, 0.2) is 0 Å². The van der Waals surface area contributed by atoms with Crippen molar-refractivity contribution < 1.29 is 30.4 Å². The average Bonchev–Trinajstić information content (AvgIpc) is 3.97. The Balaban J connectivity index is 0.00000672. The molecule has 0 N–H and O–H groups in total. The van der Waals surface area contributed by atoms with Crippen LogP contribution in [0.25, 0.3) is 50.1 Å². The molecule has 0 atom stereocenters. The zero-order chi connectivity index (χ0) is 51.7. The molecule has 10 rings (SSSR count). The van der Waals surface area contributed by atoms with E-state index < -0.39 is 5.41 Å². The van der Waals surface area contributed by atoms with Crippen molar-refractivity contribution >= 4 is 21.8 Å². The van der Waals surface area contributed by atoms with E-state index in [0.29, 0.717) is 11.5 Å². The van der Waals surface area contributed by atoms with Gasteiger partial charge in [-0.25, -0.2) is 4.98 Å². The summed E-state index contributed by atoms with van der Waals surface area (Å²) in [5, 5.41) is 2.25. The zero-order valence-electron chi connectivity index (χ0n) is 45.3. The van der Waals surface area contributed by atoms with Crippen LogP contribution in [0.3, 0.4) is 0 Å². The minimum Gasteiger partial charge on any atom is -0.510 e. The number of nitrogens with zero attached hydrogens (tertiary/aromatic N) is 4. The second-order valence-corrected chi connectivity index (χ2v) is 24.0. The molecule has 0 aliphatic heterocycles. The van der Waals surface area contributed by atoms with Crippen LogP contribution < -0.4 is 9.30 Å². The summed E-state index contributed by atoms with van der Waals surface area (Å²) < 4.78 is 13.6. The first-order valence-electron chi connectivity index (χ1n) is 25.7. The van der Waals surface area contributed by atoms with Gasteiger partial charge in [-0.1, -0.05) is 205 Å². The fraction of sp³-hybridized carbons (Fsp3) is 0.265. The Morgan fingerprint density at radius 2 is 1.08 bits per heavy atom. The Morgan fingerprint density at radius 3 is 1.72 bits per heavy atom. The van der Waals surface area contributed by atoms with E-state index in [0.717, 1.165) is 61.4 Å². The molecule has 0 aliphatic carbocycles. The van der Waals surface area contributed by atoms with Crippen LogP contribution in [-0.2, 0) is 48.1 Å². The second-order valence-electron chi connectivity index (χ2n) is 24.0. The van der Waals surface area contributed by atoms with Crippen LogP contribution in [0.2, 0.25) is 0 Å². The van der Waals surface area contributed by atoms with Gasteiger partial charge in [-0.3, -0.25) is 4.57 Å². The van der Waals surface area contributed by atoms with Gasteiger partial charge in [-0.05, 0) is 96.6 Å². The molecule has 3 aromatic heterocycles. The predicted molar refractivity (Wildman–Crippen MR) is 301 cm³/mol. The van der Waals surface area contributed by atoms with Crippen molar-refractivity contribution in [3.05, 3.63) is 234 Å². The normalized spacial score (nSPS) is 12.6. The van der Waals surface area contributed by atoms with Gasteiger partial charge in [-0.15, -0.1) is 29.7 Å². The number of hydrogen-bond donors (Lipinski definition) is 0. The predicted octanol–water partition coefficient (Wildman–Crippen LogP) is 16.6. The molecular formula is C68H68N4OPt-2. The van der Waals surface area contributed by atoms with E-state index in [1.54, 1.807) is 0 Å². The largest absolute Gasteiger partial charge is 0.510 e. The standard InChI is InChI=1S/C68H68N4O.Pt/c1-64(2,3)50-29-32-60-59(40-50)58-31-30-56(43-61(58)72(60)63-41-51(33-34-69-63)65(4,5)6)73-57-39-52(66(7,8)9)37-55(42-57)71-45-70(44-62(71)68(12,13)49-27-21-16-22-28-49)54-36-47(46-23-17-14-18-24-46)35-53(38-54)67(10,11)48-25-19-15-20-26-48;/h14-41,44H,1-13H3;/q-2;. The van der Waals surface area contributed by atoms with E-state index >= 15 is 0 Å². The van der Waals surface area contributed by atoms with Crippen molar-refractivity contribution in [2.24, 2.45) is 0 Å². The molecule has 5 nitrogen and oxygen atoms in total. The van der Waals surface area contributed by atoms with Crippen LogP contribution >= 0.6 is 0 Å². The molecule has 7 aromatic carbocycles. The molecule has 0 spiro atoms. The monoisotopic (exact) mass is 1150 g/mol. The van der Waals surface area contributed by atoms with Crippen LogP contribution in [0.5, 0.6) is 11.5 Å². The Kier molecular flexibility index (Phi) is 13.7. The third-order valence-corrected chi connectivity index (χ3v) is 14.9. The van der Waals surface area contributed by atoms with Crippen molar-refractivity contribution in [3.63, 3.8) is 0 Å². The van der Waals surface area contributed by atoms with E-state index in [9.17, 15) is 0 Å². The zero-order valence-corrected chi connectivity index (χ0v) is 47.5. The maximum atomic E-state index is 7.01. The molecule has 10 aromatic rings. The van der Waals surface area contributed by atoms with Gasteiger partial charge in [0.25, 0.3) is 6.33 Å². The van der Waals surface area contributed by atoms with Crippen molar-refractivity contribution in [3.8, 4) is 39.8 Å². The topological polar surface area (TPSA) is 35.9 Å². The molecule has 0 unspecified atom stereocenters. The molecule has 0 fully saturated rings. The maximum Gasteiger partial charge on any atom is 0.267 e. The number of fused-ring (bicyclic) bond motifs is 3. The first-order chi connectivity index (χ1) is 34.6. The number of pyridine rings is 1. The molecule has 378 valence electrons. The van der Waals surface area contributed by atoms with Gasteiger partial charge in [0.1, 0.15) is 5.82 Å². The number of benzene rings is 7. The van der Waals surface area contributed by atoms with Gasteiger partial charge in [0.05, 0.1) is 11.4 Å². The third kappa shape index (κ3) is 10.1. The number of ether oxygens (including phenoxy) is 1. The summed E-state index contributed by atoms with van der Waals surface area (Å²) in [6.45, 7) is 29.5. The number of imidazole rings is 1. The van der Waals surface area contributed by atoms with Gasteiger partial charge < -0.3 is 13.9 Å². The van der Waals surface area contributed by atoms with E-state index in [1.807, 2.05) is 12.3 Å². The first kappa shape index (κ1) is 52.1. The van der Waals surface area contributed by atoms with Crippen molar-refractivity contribution in [1.29, 1.82) is 0 Å². The molecule has 3 heterocycles. The number of aromatic nitrogens is 4. The van der Waals surface area contributed by atoms with Crippen molar-refractivity contribution in [1.82, 2.24) is 14.1 Å². The van der Waals surface area contributed by atoms with Gasteiger partial charge in [0.2, 0.25) is 0 Å². The third-order valence-electron chi connectivity index (χ3n) is 14.9. The molecule has 0 saturated heterocycles. The van der Waals surface area contributed by atoms with E-state index in [1.165, 1.54) is 27.8 Å². The summed E-state index contributed by atoms with van der Waals surface area (Å²) in [4.78, 5) is 4.98. The molecule has 0 bridgehead atoms. The second kappa shape index (κ2) is 19.5. The van der Waals surface area contributed by atoms with Crippen LogP contribution in [0.1, 0.15) is 129 Å². The van der Waals surface area contributed by atoms with Gasteiger partial charge in [0, 0.05) is 61.3 Å². The quantitative estimate of drug-likeness (QED) is 0.101. The summed E-state index contributed by atoms with van der Waals surface area (Å²) in [7, 11) is 0. The average molecular weight is 1150 g/mol. The van der Waals surface area contributed by atoms with Crippen LogP contribution in [0.4, 0.5) is 0 Å². The van der Waals surface area contributed by atoms with E-state index in [-0.39, 0.29) is 42.7 Å². The molecule has 0 aliphatic rings. The molecule has 6 heteroatoms. The maximum absolute atomic E-state index is 7.01. The number of rotatable bonds is 10. The van der Waals surface area contributed by atoms with Gasteiger partial charge in [-0.2, -0.15) is 17.7 Å². The van der Waals surface area contributed by atoms with Crippen LogP contribution in [-0.4, -0.2) is 14.1 Å². The Morgan fingerprint density at radius 1 is 0.473 bits per heavy atom. The summed E-state index contributed by atoms with van der Waals surface area (Å²) in [5.41, 5.74) is 13.4. The molecule has 0 amide bonds. The van der Waals surface area contributed by atoms with Gasteiger partial charge >= 0.3 is 0 Å². The molecule has 74 heavy (non-hydrogen) atoms. The van der Waals surface area contributed by atoms with Crippen LogP contribution in [0, 0.1) is 18.5 Å². The SMILES string of the molecule is CC(C)(C)c1cc(Oc2[c-]c3c(cc2)c2cc(C(C)(C)C)ccc2n3-c2cc(C(C)(C)C)ccn2)[c-]c(-n2[c-][n+](-c3cc(-c4ccccc4)cc(C(C)(C)c4ccccc4)c3)cc2C(C)(C)c2ccccc2)c1.[Pt].